The molecule has 0 aromatic heterocycles. The van der Waals surface area contributed by atoms with Gasteiger partial charge >= 0.3 is 0 Å². The Bertz CT molecular complexity index is 328. The summed E-state index contributed by atoms with van der Waals surface area (Å²) in [6.07, 6.45) is 0. The monoisotopic (exact) mass is 255 g/mol. The van der Waals surface area contributed by atoms with Gasteiger partial charge in [-0.3, -0.25) is 0 Å². The molecule has 3 heteroatoms. The molecule has 0 spiro atoms. The summed E-state index contributed by atoms with van der Waals surface area (Å²) in [6, 6.07) is 8.25. The van der Waals surface area contributed by atoms with Crippen molar-refractivity contribution < 1.29 is 4.74 Å². The minimum absolute atomic E-state index is 0.302. The number of rotatable bonds is 7. The van der Waals surface area contributed by atoms with Gasteiger partial charge in [-0.15, -0.1) is 0 Å². The standard InChI is InChI=1S/C14H22ClNO/c1-11(2)10-17-8-7-16-12(3)13-5-4-6-14(15)9-13/h4-6,9,11-12,16H,7-8,10H2,1-3H3. The maximum atomic E-state index is 5.96. The highest BCUT2D eigenvalue weighted by molar-refractivity contribution is 6.30. The minimum atomic E-state index is 0.302. The fraction of sp³-hybridized carbons (Fsp3) is 0.571. The minimum Gasteiger partial charge on any atom is -0.380 e. The largest absolute Gasteiger partial charge is 0.380 e. The van der Waals surface area contributed by atoms with Crippen LogP contribution in [0.25, 0.3) is 0 Å². The van der Waals surface area contributed by atoms with Gasteiger partial charge in [0.05, 0.1) is 6.61 Å². The molecule has 0 bridgehead atoms. The van der Waals surface area contributed by atoms with Crippen molar-refractivity contribution in [3.8, 4) is 0 Å². The molecular weight excluding hydrogens is 234 g/mol. The molecule has 0 aliphatic carbocycles. The Morgan fingerprint density at radius 1 is 1.29 bits per heavy atom. The molecule has 0 saturated heterocycles. The first-order valence-corrected chi connectivity index (χ1v) is 6.54. The molecule has 1 rings (SSSR count). The van der Waals surface area contributed by atoms with Crippen LogP contribution in [0.15, 0.2) is 24.3 Å². The molecule has 0 heterocycles. The molecule has 0 fully saturated rings. The maximum absolute atomic E-state index is 5.96. The van der Waals surface area contributed by atoms with Gasteiger partial charge in [0.1, 0.15) is 0 Å². The van der Waals surface area contributed by atoms with E-state index in [0.717, 1.165) is 24.8 Å². The van der Waals surface area contributed by atoms with Gasteiger partial charge in [-0.1, -0.05) is 37.6 Å². The molecule has 0 amide bonds. The average molecular weight is 256 g/mol. The van der Waals surface area contributed by atoms with E-state index in [4.69, 9.17) is 16.3 Å². The lowest BCUT2D eigenvalue weighted by molar-refractivity contribution is 0.110. The first kappa shape index (κ1) is 14.5. The number of hydrogen-bond donors (Lipinski definition) is 1. The molecule has 0 radical (unpaired) electrons. The number of halogens is 1. The molecule has 17 heavy (non-hydrogen) atoms. The molecule has 1 aromatic carbocycles. The van der Waals surface area contributed by atoms with Gasteiger partial charge in [0, 0.05) is 24.2 Å². The summed E-state index contributed by atoms with van der Waals surface area (Å²) in [5.74, 6) is 0.598. The lowest BCUT2D eigenvalue weighted by atomic mass is 10.1. The molecule has 0 aliphatic heterocycles. The third-order valence-corrected chi connectivity index (χ3v) is 2.73. The predicted molar refractivity (Wildman–Crippen MR) is 73.5 cm³/mol. The van der Waals surface area contributed by atoms with E-state index in [9.17, 15) is 0 Å². The Labute approximate surface area is 109 Å². The SMILES string of the molecule is CC(C)COCCNC(C)c1cccc(Cl)c1. The molecular formula is C14H22ClNO. The van der Waals surface area contributed by atoms with E-state index in [2.05, 4.69) is 32.2 Å². The zero-order valence-corrected chi connectivity index (χ0v) is 11.6. The number of ether oxygens (including phenoxy) is 1. The molecule has 1 atom stereocenters. The summed E-state index contributed by atoms with van der Waals surface area (Å²) in [6.45, 7) is 8.88. The van der Waals surface area contributed by atoms with Crippen molar-refractivity contribution in [2.24, 2.45) is 5.92 Å². The van der Waals surface area contributed by atoms with Crippen molar-refractivity contribution >= 4 is 11.6 Å². The van der Waals surface area contributed by atoms with Crippen LogP contribution in [-0.2, 0) is 4.74 Å². The highest BCUT2D eigenvalue weighted by Crippen LogP contribution is 2.16. The van der Waals surface area contributed by atoms with Gasteiger partial charge in [-0.05, 0) is 30.5 Å². The van der Waals surface area contributed by atoms with Crippen LogP contribution < -0.4 is 5.32 Å². The van der Waals surface area contributed by atoms with E-state index < -0.39 is 0 Å². The van der Waals surface area contributed by atoms with Gasteiger partial charge in [-0.25, -0.2) is 0 Å². The van der Waals surface area contributed by atoms with Gasteiger partial charge in [0.2, 0.25) is 0 Å². The number of benzene rings is 1. The predicted octanol–water partition coefficient (Wildman–Crippen LogP) is 3.66. The number of nitrogens with one attached hydrogen (secondary N) is 1. The van der Waals surface area contributed by atoms with Crippen LogP contribution in [0.3, 0.4) is 0 Å². The summed E-state index contributed by atoms with van der Waals surface area (Å²) < 4.78 is 5.52. The molecule has 0 aliphatic rings. The average Bonchev–Trinajstić information content (AvgIpc) is 2.28. The van der Waals surface area contributed by atoms with Crippen LogP contribution >= 0.6 is 11.6 Å². The molecule has 96 valence electrons. The van der Waals surface area contributed by atoms with Crippen LogP contribution in [0, 0.1) is 5.92 Å². The van der Waals surface area contributed by atoms with Gasteiger partial charge in [0.25, 0.3) is 0 Å². The van der Waals surface area contributed by atoms with Gasteiger partial charge < -0.3 is 10.1 Å². The van der Waals surface area contributed by atoms with Crippen molar-refractivity contribution in [1.29, 1.82) is 0 Å². The topological polar surface area (TPSA) is 21.3 Å². The summed E-state index contributed by atoms with van der Waals surface area (Å²) >= 11 is 5.96. The summed E-state index contributed by atoms with van der Waals surface area (Å²) in [7, 11) is 0. The second-order valence-electron chi connectivity index (χ2n) is 4.70. The van der Waals surface area contributed by atoms with E-state index in [1.165, 1.54) is 5.56 Å². The van der Waals surface area contributed by atoms with Crippen LogP contribution in [0.4, 0.5) is 0 Å². The third kappa shape index (κ3) is 6.06. The second-order valence-corrected chi connectivity index (χ2v) is 5.14. The number of hydrogen-bond acceptors (Lipinski definition) is 2. The summed E-state index contributed by atoms with van der Waals surface area (Å²) in [5, 5.41) is 4.20. The zero-order valence-electron chi connectivity index (χ0n) is 10.9. The van der Waals surface area contributed by atoms with Gasteiger partial charge in [-0.2, -0.15) is 0 Å². The van der Waals surface area contributed by atoms with Crippen molar-refractivity contribution in [3.63, 3.8) is 0 Å². The Kier molecular flexibility index (Phi) is 6.56. The molecule has 0 saturated carbocycles. The molecule has 1 aromatic rings. The summed E-state index contributed by atoms with van der Waals surface area (Å²) in [5.41, 5.74) is 1.21. The molecule has 2 nitrogen and oxygen atoms in total. The Morgan fingerprint density at radius 3 is 2.71 bits per heavy atom. The fourth-order valence-corrected chi connectivity index (χ4v) is 1.76. The highest BCUT2D eigenvalue weighted by atomic mass is 35.5. The van der Waals surface area contributed by atoms with Crippen molar-refractivity contribution in [1.82, 2.24) is 5.32 Å². The lowest BCUT2D eigenvalue weighted by Gasteiger charge is -2.15. The van der Waals surface area contributed by atoms with Crippen molar-refractivity contribution in [3.05, 3.63) is 34.9 Å². The molecule has 1 N–H and O–H groups in total. The maximum Gasteiger partial charge on any atom is 0.0591 e. The fourth-order valence-electron chi connectivity index (χ4n) is 1.56. The third-order valence-electron chi connectivity index (χ3n) is 2.50. The molecule has 1 unspecified atom stereocenters. The summed E-state index contributed by atoms with van der Waals surface area (Å²) in [4.78, 5) is 0. The Morgan fingerprint density at radius 2 is 2.06 bits per heavy atom. The smallest absolute Gasteiger partial charge is 0.0591 e. The van der Waals surface area contributed by atoms with E-state index in [0.29, 0.717) is 12.0 Å². The van der Waals surface area contributed by atoms with Crippen LogP contribution in [0.1, 0.15) is 32.4 Å². The Hall–Kier alpha value is -0.570. The lowest BCUT2D eigenvalue weighted by Crippen LogP contribution is -2.23. The first-order chi connectivity index (χ1) is 8.09. The normalized spacial score (nSPS) is 13.0. The van der Waals surface area contributed by atoms with Crippen LogP contribution in [0.2, 0.25) is 5.02 Å². The van der Waals surface area contributed by atoms with Crippen LogP contribution in [-0.4, -0.2) is 19.8 Å². The quantitative estimate of drug-likeness (QED) is 0.751. The van der Waals surface area contributed by atoms with Crippen LogP contribution in [0.5, 0.6) is 0 Å². The van der Waals surface area contributed by atoms with E-state index in [1.807, 2.05) is 18.2 Å². The second kappa shape index (κ2) is 7.70. The van der Waals surface area contributed by atoms with Crippen molar-refractivity contribution in [2.45, 2.75) is 26.8 Å². The van der Waals surface area contributed by atoms with E-state index in [1.54, 1.807) is 0 Å². The van der Waals surface area contributed by atoms with E-state index in [-0.39, 0.29) is 0 Å². The van der Waals surface area contributed by atoms with E-state index >= 15 is 0 Å². The first-order valence-electron chi connectivity index (χ1n) is 6.16. The van der Waals surface area contributed by atoms with Crippen molar-refractivity contribution in [2.75, 3.05) is 19.8 Å². The highest BCUT2D eigenvalue weighted by Gasteiger charge is 2.04. The zero-order chi connectivity index (χ0) is 12.7. The van der Waals surface area contributed by atoms with Gasteiger partial charge in [0.15, 0.2) is 0 Å². The Balaban J connectivity index is 2.23.